The molecular formula is C13H16NOS+. The highest BCUT2D eigenvalue weighted by molar-refractivity contribution is 7.07. The summed E-state index contributed by atoms with van der Waals surface area (Å²) in [6.45, 7) is 1.65. The van der Waals surface area contributed by atoms with E-state index in [4.69, 9.17) is 0 Å². The number of thiophene rings is 1. The second-order valence-corrected chi connectivity index (χ2v) is 4.57. The third-order valence-electron chi connectivity index (χ3n) is 2.53. The van der Waals surface area contributed by atoms with Crippen molar-refractivity contribution in [3.05, 3.63) is 58.3 Å². The molecule has 3 heteroatoms. The first kappa shape index (κ1) is 11.3. The van der Waals surface area contributed by atoms with Gasteiger partial charge in [0.15, 0.2) is 0 Å². The largest absolute Gasteiger partial charge is 0.382 e. The Labute approximate surface area is 99.6 Å². The van der Waals surface area contributed by atoms with Gasteiger partial charge in [0.25, 0.3) is 0 Å². The molecule has 0 aliphatic rings. The molecule has 84 valence electrons. The molecule has 0 aliphatic heterocycles. The molecule has 0 radical (unpaired) electrons. The smallest absolute Gasteiger partial charge is 0.128 e. The van der Waals surface area contributed by atoms with Crippen LogP contribution >= 0.6 is 11.3 Å². The lowest BCUT2D eigenvalue weighted by Crippen LogP contribution is -2.83. The van der Waals surface area contributed by atoms with Crippen molar-refractivity contribution >= 4 is 11.3 Å². The van der Waals surface area contributed by atoms with E-state index in [9.17, 15) is 5.11 Å². The Balaban J connectivity index is 1.78. The fourth-order valence-electron chi connectivity index (χ4n) is 1.63. The van der Waals surface area contributed by atoms with Crippen molar-refractivity contribution in [2.75, 3.05) is 6.54 Å². The van der Waals surface area contributed by atoms with Crippen LogP contribution in [0.2, 0.25) is 0 Å². The van der Waals surface area contributed by atoms with Crippen LogP contribution in [0.5, 0.6) is 0 Å². The molecule has 0 aliphatic carbocycles. The molecule has 0 spiro atoms. The average molecular weight is 234 g/mol. The molecule has 1 heterocycles. The maximum absolute atomic E-state index is 9.92. The van der Waals surface area contributed by atoms with Crippen LogP contribution in [-0.4, -0.2) is 11.7 Å². The molecule has 16 heavy (non-hydrogen) atoms. The number of hydrogen-bond acceptors (Lipinski definition) is 2. The topological polar surface area (TPSA) is 36.8 Å². The molecule has 0 saturated carbocycles. The molecule has 2 nitrogen and oxygen atoms in total. The average Bonchev–Trinajstić information content (AvgIpc) is 2.83. The summed E-state index contributed by atoms with van der Waals surface area (Å²) < 4.78 is 0. The van der Waals surface area contributed by atoms with E-state index in [2.05, 4.69) is 22.1 Å². The van der Waals surface area contributed by atoms with Crippen molar-refractivity contribution in [2.45, 2.75) is 12.6 Å². The molecule has 1 atom stereocenters. The van der Waals surface area contributed by atoms with Gasteiger partial charge in [-0.25, -0.2) is 0 Å². The van der Waals surface area contributed by atoms with Gasteiger partial charge in [-0.3, -0.25) is 0 Å². The van der Waals surface area contributed by atoms with E-state index in [1.165, 1.54) is 5.56 Å². The van der Waals surface area contributed by atoms with Gasteiger partial charge in [0.1, 0.15) is 19.2 Å². The van der Waals surface area contributed by atoms with E-state index in [1.54, 1.807) is 11.3 Å². The lowest BCUT2D eigenvalue weighted by Gasteiger charge is -2.09. The van der Waals surface area contributed by atoms with Crippen LogP contribution in [0.25, 0.3) is 0 Å². The zero-order valence-corrected chi connectivity index (χ0v) is 9.86. The normalized spacial score (nSPS) is 12.6. The number of rotatable bonds is 5. The maximum atomic E-state index is 9.92. The monoisotopic (exact) mass is 234 g/mol. The number of hydrogen-bond donors (Lipinski definition) is 2. The Morgan fingerprint density at radius 2 is 2.00 bits per heavy atom. The third-order valence-corrected chi connectivity index (χ3v) is 3.27. The van der Waals surface area contributed by atoms with Crippen LogP contribution in [0.15, 0.2) is 47.2 Å². The Kier molecular flexibility index (Phi) is 4.10. The SMILES string of the molecule is O[C@@H](C[NH2+]Cc1ccsc1)c1ccccc1. The van der Waals surface area contributed by atoms with Crippen LogP contribution < -0.4 is 5.32 Å². The summed E-state index contributed by atoms with van der Waals surface area (Å²) in [4.78, 5) is 0. The van der Waals surface area contributed by atoms with Crippen LogP contribution in [0, 0.1) is 0 Å². The zero-order chi connectivity index (χ0) is 11.2. The lowest BCUT2D eigenvalue weighted by molar-refractivity contribution is -0.677. The Bertz CT molecular complexity index is 399. The van der Waals surface area contributed by atoms with E-state index >= 15 is 0 Å². The van der Waals surface area contributed by atoms with Gasteiger partial charge in [-0.05, 0) is 22.4 Å². The third kappa shape index (κ3) is 3.17. The molecule has 0 bridgehead atoms. The van der Waals surface area contributed by atoms with E-state index in [-0.39, 0.29) is 6.10 Å². The predicted octanol–water partition coefficient (Wildman–Crippen LogP) is 1.55. The van der Waals surface area contributed by atoms with Gasteiger partial charge in [-0.2, -0.15) is 11.3 Å². The number of aliphatic hydroxyl groups excluding tert-OH is 1. The van der Waals surface area contributed by atoms with Crippen molar-refractivity contribution in [3.63, 3.8) is 0 Å². The standard InChI is InChI=1S/C13H15NOS/c15-13(12-4-2-1-3-5-12)9-14-8-11-6-7-16-10-11/h1-7,10,13-15H,8-9H2/p+1/t13-/m0/s1. The van der Waals surface area contributed by atoms with Crippen molar-refractivity contribution < 1.29 is 10.4 Å². The van der Waals surface area contributed by atoms with Gasteiger partial charge < -0.3 is 10.4 Å². The fraction of sp³-hybridized carbons (Fsp3) is 0.231. The Hall–Kier alpha value is -1.16. The van der Waals surface area contributed by atoms with E-state index in [1.807, 2.05) is 30.3 Å². The Morgan fingerprint density at radius 3 is 2.69 bits per heavy atom. The second kappa shape index (κ2) is 5.80. The van der Waals surface area contributed by atoms with Crippen molar-refractivity contribution in [1.82, 2.24) is 0 Å². The summed E-state index contributed by atoms with van der Waals surface area (Å²) in [5.41, 5.74) is 2.31. The molecule has 0 amide bonds. The summed E-state index contributed by atoms with van der Waals surface area (Å²) in [6, 6.07) is 11.9. The minimum Gasteiger partial charge on any atom is -0.382 e. The zero-order valence-electron chi connectivity index (χ0n) is 9.04. The predicted molar refractivity (Wildman–Crippen MR) is 66.2 cm³/mol. The fourth-order valence-corrected chi connectivity index (χ4v) is 2.31. The first-order chi connectivity index (χ1) is 7.86. The molecule has 2 rings (SSSR count). The van der Waals surface area contributed by atoms with Crippen molar-refractivity contribution in [1.29, 1.82) is 0 Å². The van der Waals surface area contributed by atoms with Gasteiger partial charge in [0.05, 0.1) is 0 Å². The van der Waals surface area contributed by atoms with Gasteiger partial charge in [-0.15, -0.1) is 0 Å². The summed E-state index contributed by atoms with van der Waals surface area (Å²) >= 11 is 1.71. The van der Waals surface area contributed by atoms with Crippen LogP contribution in [-0.2, 0) is 6.54 Å². The number of quaternary nitrogens is 1. The minimum absolute atomic E-state index is 0.375. The highest BCUT2D eigenvalue weighted by Gasteiger charge is 2.08. The Morgan fingerprint density at radius 1 is 1.19 bits per heavy atom. The van der Waals surface area contributed by atoms with E-state index in [0.717, 1.165) is 12.1 Å². The quantitative estimate of drug-likeness (QED) is 0.809. The summed E-state index contributed by atoms with van der Waals surface area (Å²) in [5.74, 6) is 0. The molecule has 0 saturated heterocycles. The second-order valence-electron chi connectivity index (χ2n) is 3.79. The molecule has 0 fully saturated rings. The number of benzene rings is 1. The van der Waals surface area contributed by atoms with Gasteiger partial charge in [0, 0.05) is 5.56 Å². The van der Waals surface area contributed by atoms with Gasteiger partial charge >= 0.3 is 0 Å². The van der Waals surface area contributed by atoms with Crippen molar-refractivity contribution in [2.24, 2.45) is 0 Å². The first-order valence-corrected chi connectivity index (χ1v) is 6.36. The number of nitrogens with two attached hydrogens (primary N) is 1. The molecule has 1 aromatic heterocycles. The summed E-state index contributed by atoms with van der Waals surface area (Å²) in [6.07, 6.45) is -0.375. The van der Waals surface area contributed by atoms with E-state index in [0.29, 0.717) is 6.54 Å². The van der Waals surface area contributed by atoms with Crippen molar-refractivity contribution in [3.8, 4) is 0 Å². The van der Waals surface area contributed by atoms with Gasteiger partial charge in [-0.1, -0.05) is 30.3 Å². The first-order valence-electron chi connectivity index (χ1n) is 5.42. The summed E-state index contributed by atoms with van der Waals surface area (Å²) in [5, 5.41) is 16.3. The highest BCUT2D eigenvalue weighted by atomic mass is 32.1. The maximum Gasteiger partial charge on any atom is 0.128 e. The van der Waals surface area contributed by atoms with Crippen LogP contribution in [0.1, 0.15) is 17.2 Å². The molecule has 3 N–H and O–H groups in total. The summed E-state index contributed by atoms with van der Waals surface area (Å²) in [7, 11) is 0. The molecular weight excluding hydrogens is 218 g/mol. The lowest BCUT2D eigenvalue weighted by atomic mass is 10.1. The molecule has 2 aromatic rings. The highest BCUT2D eigenvalue weighted by Crippen LogP contribution is 2.09. The van der Waals surface area contributed by atoms with Crippen LogP contribution in [0.3, 0.4) is 0 Å². The van der Waals surface area contributed by atoms with Gasteiger partial charge in [0.2, 0.25) is 0 Å². The molecule has 0 unspecified atom stereocenters. The number of aliphatic hydroxyl groups is 1. The van der Waals surface area contributed by atoms with Crippen LogP contribution in [0.4, 0.5) is 0 Å². The van der Waals surface area contributed by atoms with E-state index < -0.39 is 0 Å². The minimum atomic E-state index is -0.375. The molecule has 1 aromatic carbocycles.